The van der Waals surface area contributed by atoms with E-state index >= 15 is 0 Å². The molecule has 1 heterocycles. The molecule has 1 saturated carbocycles. The number of carbonyl (C=O) groups excluding carboxylic acids is 1. The lowest BCUT2D eigenvalue weighted by Gasteiger charge is -2.35. The molecule has 0 radical (unpaired) electrons. The monoisotopic (exact) mass is 272 g/mol. The summed E-state index contributed by atoms with van der Waals surface area (Å²) in [5.74, 6) is 0.130. The van der Waals surface area contributed by atoms with E-state index in [0.29, 0.717) is 0 Å². The van der Waals surface area contributed by atoms with Gasteiger partial charge in [0.05, 0.1) is 0 Å². The van der Waals surface area contributed by atoms with Crippen molar-refractivity contribution in [2.75, 3.05) is 0 Å². The van der Waals surface area contributed by atoms with Gasteiger partial charge in [0, 0.05) is 5.56 Å². The summed E-state index contributed by atoms with van der Waals surface area (Å²) in [5.41, 5.74) is 0.219. The third kappa shape index (κ3) is 1.57. The molecule has 0 spiro atoms. The fourth-order valence-corrected chi connectivity index (χ4v) is 3.61. The Balaban J connectivity index is 2.04. The van der Waals surface area contributed by atoms with Crippen LogP contribution in [0.4, 0.5) is 0 Å². The molecule has 0 N–H and O–H groups in total. The highest BCUT2D eigenvalue weighted by Gasteiger charge is 2.67. The predicted molar refractivity (Wildman–Crippen MR) is 76.1 cm³/mol. The molecule has 20 heavy (non-hydrogen) atoms. The van der Waals surface area contributed by atoms with E-state index in [1.165, 1.54) is 0 Å². The Morgan fingerprint density at radius 3 is 2.60 bits per heavy atom. The van der Waals surface area contributed by atoms with E-state index in [0.717, 1.165) is 30.3 Å². The Kier molecular flexibility index (Phi) is 3.07. The lowest BCUT2D eigenvalue weighted by atomic mass is 9.79. The zero-order valence-electron chi connectivity index (χ0n) is 12.0. The summed E-state index contributed by atoms with van der Waals surface area (Å²) in [6, 6.07) is 9.76. The van der Waals surface area contributed by atoms with Gasteiger partial charge in [0.2, 0.25) is 0 Å². The number of carbonyl (C=O) groups is 1. The Hall–Kier alpha value is -1.45. The Bertz CT molecular complexity index is 532. The molecular formula is C17H20O3. The third-order valence-corrected chi connectivity index (χ3v) is 4.84. The summed E-state index contributed by atoms with van der Waals surface area (Å²) in [6.45, 7) is 8.04. The van der Waals surface area contributed by atoms with E-state index in [1.807, 2.05) is 37.3 Å². The van der Waals surface area contributed by atoms with Gasteiger partial charge in [0.1, 0.15) is 5.60 Å². The van der Waals surface area contributed by atoms with Crippen molar-refractivity contribution in [3.05, 3.63) is 48.0 Å². The van der Waals surface area contributed by atoms with E-state index in [1.54, 1.807) is 0 Å². The highest BCUT2D eigenvalue weighted by Crippen LogP contribution is 2.58. The minimum Gasteiger partial charge on any atom is -0.334 e. The maximum absolute atomic E-state index is 11.9. The number of fused-ring (bicyclic) bond motifs is 1. The second kappa shape index (κ2) is 4.54. The van der Waals surface area contributed by atoms with Gasteiger partial charge in [-0.05, 0) is 31.3 Å². The van der Waals surface area contributed by atoms with E-state index in [-0.39, 0.29) is 5.92 Å². The smallest absolute Gasteiger partial charge is 0.186 e. The van der Waals surface area contributed by atoms with Gasteiger partial charge in [0.25, 0.3) is 0 Å². The molecule has 3 heteroatoms. The first-order valence-corrected chi connectivity index (χ1v) is 7.08. The van der Waals surface area contributed by atoms with Gasteiger partial charge in [-0.1, -0.05) is 43.8 Å². The van der Waals surface area contributed by atoms with Crippen LogP contribution in [0.15, 0.2) is 42.5 Å². The van der Waals surface area contributed by atoms with Gasteiger partial charge in [-0.2, -0.15) is 0 Å². The fourth-order valence-electron chi connectivity index (χ4n) is 3.61. The number of aldehydes is 1. The molecule has 1 saturated heterocycles. The van der Waals surface area contributed by atoms with Gasteiger partial charge < -0.3 is 9.47 Å². The van der Waals surface area contributed by atoms with Crippen molar-refractivity contribution >= 4 is 6.29 Å². The third-order valence-electron chi connectivity index (χ3n) is 4.84. The van der Waals surface area contributed by atoms with Gasteiger partial charge in [-0.15, -0.1) is 0 Å². The summed E-state index contributed by atoms with van der Waals surface area (Å²) in [6.07, 6.45) is 2.13. The van der Waals surface area contributed by atoms with Gasteiger partial charge in [-0.25, -0.2) is 0 Å². The number of rotatable bonds is 3. The van der Waals surface area contributed by atoms with Crippen molar-refractivity contribution in [1.82, 2.24) is 0 Å². The van der Waals surface area contributed by atoms with Gasteiger partial charge in [-0.3, -0.25) is 4.79 Å². The molecule has 0 amide bonds. The average molecular weight is 272 g/mol. The summed E-state index contributed by atoms with van der Waals surface area (Å²) < 4.78 is 12.4. The largest absolute Gasteiger partial charge is 0.334 e. The van der Waals surface area contributed by atoms with Crippen LogP contribution in [0.25, 0.3) is 0 Å². The second-order valence-corrected chi connectivity index (χ2v) is 5.94. The molecule has 0 aromatic heterocycles. The van der Waals surface area contributed by atoms with Crippen LogP contribution in [0.2, 0.25) is 0 Å². The van der Waals surface area contributed by atoms with Crippen molar-refractivity contribution in [2.24, 2.45) is 5.92 Å². The lowest BCUT2D eigenvalue weighted by molar-refractivity contribution is -0.140. The maximum atomic E-state index is 11.9. The van der Waals surface area contributed by atoms with E-state index < -0.39 is 17.5 Å². The molecule has 1 aliphatic heterocycles. The summed E-state index contributed by atoms with van der Waals surface area (Å²) >= 11 is 0. The van der Waals surface area contributed by atoms with Crippen molar-refractivity contribution in [2.45, 2.75) is 44.2 Å². The first-order chi connectivity index (χ1) is 9.56. The molecule has 1 aromatic carbocycles. The molecule has 1 aliphatic carbocycles. The normalized spacial score (nSPS) is 39.5. The SMILES string of the molecule is C=C(C)[C@@]12CC[C@@H](C)[C@]1(C=O)O[C@H](c1ccccc1)O2. The predicted octanol–water partition coefficient (Wildman–Crippen LogP) is 3.41. The molecule has 3 nitrogen and oxygen atoms in total. The van der Waals surface area contributed by atoms with E-state index in [9.17, 15) is 4.79 Å². The minimum atomic E-state index is -0.903. The number of hydrogen-bond acceptors (Lipinski definition) is 3. The molecule has 4 atom stereocenters. The zero-order valence-corrected chi connectivity index (χ0v) is 12.0. The van der Waals surface area contributed by atoms with Crippen molar-refractivity contribution in [3.8, 4) is 0 Å². The van der Waals surface area contributed by atoms with Crippen LogP contribution in [0.1, 0.15) is 38.5 Å². The Labute approximate surface area is 119 Å². The molecule has 1 aromatic rings. The average Bonchev–Trinajstić information content (AvgIpc) is 2.94. The highest BCUT2D eigenvalue weighted by atomic mass is 16.8. The topological polar surface area (TPSA) is 35.5 Å². The van der Waals surface area contributed by atoms with Gasteiger partial charge in [0.15, 0.2) is 18.2 Å². The van der Waals surface area contributed by atoms with E-state index in [2.05, 4.69) is 13.5 Å². The Morgan fingerprint density at radius 2 is 2.05 bits per heavy atom. The standard InChI is InChI=1S/C17H20O3/c1-12(2)16-10-9-13(3)17(16,11-18)20-15(19-16)14-7-5-4-6-8-14/h4-8,11,13,15H,1,9-10H2,2-3H3/t13-,15-,16+,17+/m1/s1. The van der Waals surface area contributed by atoms with Crippen LogP contribution in [-0.2, 0) is 14.3 Å². The number of hydrogen-bond donors (Lipinski definition) is 0. The van der Waals surface area contributed by atoms with Crippen molar-refractivity contribution in [3.63, 3.8) is 0 Å². The van der Waals surface area contributed by atoms with Crippen LogP contribution >= 0.6 is 0 Å². The summed E-state index contributed by atoms with van der Waals surface area (Å²) in [4.78, 5) is 11.9. The molecule has 3 rings (SSSR count). The first kappa shape index (κ1) is 13.5. The van der Waals surface area contributed by atoms with Crippen LogP contribution in [0.3, 0.4) is 0 Å². The zero-order chi connectivity index (χ0) is 14.4. The maximum Gasteiger partial charge on any atom is 0.186 e. The molecule has 106 valence electrons. The van der Waals surface area contributed by atoms with E-state index in [4.69, 9.17) is 9.47 Å². The molecule has 0 bridgehead atoms. The van der Waals surface area contributed by atoms with Gasteiger partial charge >= 0.3 is 0 Å². The molecule has 2 aliphatic rings. The highest BCUT2D eigenvalue weighted by molar-refractivity contribution is 5.69. The Morgan fingerprint density at radius 1 is 1.35 bits per heavy atom. The fraction of sp³-hybridized carbons (Fsp3) is 0.471. The number of ether oxygens (including phenoxy) is 2. The second-order valence-electron chi connectivity index (χ2n) is 5.94. The molecular weight excluding hydrogens is 252 g/mol. The number of benzene rings is 1. The first-order valence-electron chi connectivity index (χ1n) is 7.08. The molecule has 0 unspecified atom stereocenters. The van der Waals surface area contributed by atoms with Crippen LogP contribution in [0.5, 0.6) is 0 Å². The minimum absolute atomic E-state index is 0.130. The van der Waals surface area contributed by atoms with Crippen molar-refractivity contribution < 1.29 is 14.3 Å². The van der Waals surface area contributed by atoms with Crippen LogP contribution in [-0.4, -0.2) is 17.5 Å². The van der Waals surface area contributed by atoms with Crippen LogP contribution in [0, 0.1) is 5.92 Å². The lowest BCUT2D eigenvalue weighted by Crippen LogP contribution is -2.52. The summed E-state index contributed by atoms with van der Waals surface area (Å²) in [7, 11) is 0. The van der Waals surface area contributed by atoms with Crippen molar-refractivity contribution in [1.29, 1.82) is 0 Å². The summed E-state index contributed by atoms with van der Waals surface area (Å²) in [5, 5.41) is 0. The van der Waals surface area contributed by atoms with Crippen LogP contribution < -0.4 is 0 Å². The molecule has 2 fully saturated rings. The quantitative estimate of drug-likeness (QED) is 0.625.